The molecule has 12 heteroatoms. The van der Waals surface area contributed by atoms with E-state index in [0.29, 0.717) is 49.5 Å². The van der Waals surface area contributed by atoms with E-state index in [9.17, 15) is 22.0 Å². The highest BCUT2D eigenvalue weighted by Gasteiger charge is 2.43. The first-order valence-corrected chi connectivity index (χ1v) is 12.0. The van der Waals surface area contributed by atoms with Crippen LogP contribution >= 0.6 is 0 Å². The van der Waals surface area contributed by atoms with Gasteiger partial charge in [0.15, 0.2) is 0 Å². The van der Waals surface area contributed by atoms with Crippen molar-refractivity contribution in [1.29, 1.82) is 0 Å². The molecule has 1 saturated carbocycles. The molecule has 1 N–H and O–H groups in total. The Morgan fingerprint density at radius 2 is 1.64 bits per heavy atom. The predicted molar refractivity (Wildman–Crippen MR) is 123 cm³/mol. The number of halogens is 5. The number of hydrogen-bond acceptors (Lipinski definition) is 6. The minimum Gasteiger partial charge on any atom is -0.371 e. The van der Waals surface area contributed by atoms with Crippen molar-refractivity contribution in [2.75, 3.05) is 34.8 Å². The average molecular weight is 505 g/mol. The molecule has 2 aromatic heterocycles. The lowest BCUT2D eigenvalue weighted by atomic mass is 9.92. The molecule has 190 valence electrons. The van der Waals surface area contributed by atoms with Gasteiger partial charge in [-0.2, -0.15) is 18.2 Å². The van der Waals surface area contributed by atoms with Gasteiger partial charge in [0, 0.05) is 55.9 Å². The molecule has 36 heavy (non-hydrogen) atoms. The van der Waals surface area contributed by atoms with E-state index in [0.717, 1.165) is 31.4 Å². The third-order valence-corrected chi connectivity index (χ3v) is 7.33. The van der Waals surface area contributed by atoms with Gasteiger partial charge in [-0.15, -0.1) is 5.10 Å². The molecule has 2 aliphatic heterocycles. The van der Waals surface area contributed by atoms with Gasteiger partial charge >= 0.3 is 6.18 Å². The van der Waals surface area contributed by atoms with Gasteiger partial charge in [0.1, 0.15) is 17.3 Å². The second kappa shape index (κ2) is 8.59. The summed E-state index contributed by atoms with van der Waals surface area (Å²) in [5.74, 6) is 0.113. The number of pyridine rings is 1. The van der Waals surface area contributed by atoms with E-state index in [1.807, 2.05) is 4.90 Å². The van der Waals surface area contributed by atoms with E-state index in [1.54, 1.807) is 15.6 Å². The summed E-state index contributed by atoms with van der Waals surface area (Å²) in [5.41, 5.74) is 0.0284. The van der Waals surface area contributed by atoms with E-state index in [1.165, 1.54) is 18.3 Å². The number of hydrogen-bond donors (Lipinski definition) is 1. The zero-order valence-corrected chi connectivity index (χ0v) is 19.2. The number of nitrogens with one attached hydrogen (secondary N) is 1. The van der Waals surface area contributed by atoms with Gasteiger partial charge < -0.3 is 15.1 Å². The van der Waals surface area contributed by atoms with Crippen molar-refractivity contribution < 1.29 is 22.0 Å². The maximum Gasteiger partial charge on any atom is 0.433 e. The van der Waals surface area contributed by atoms with Crippen LogP contribution in [0.25, 0.3) is 0 Å². The molecule has 2 fully saturated rings. The fraction of sp³-hybridized carbons (Fsp3) is 0.458. The average Bonchev–Trinajstić information content (AvgIpc) is 3.33. The number of rotatable bonds is 4. The van der Waals surface area contributed by atoms with Crippen molar-refractivity contribution in [3.05, 3.63) is 53.9 Å². The van der Waals surface area contributed by atoms with Crippen LogP contribution in [0.4, 0.5) is 45.2 Å². The van der Waals surface area contributed by atoms with Crippen molar-refractivity contribution in [3.8, 4) is 0 Å². The van der Waals surface area contributed by atoms with Crippen LogP contribution in [0.5, 0.6) is 0 Å². The summed E-state index contributed by atoms with van der Waals surface area (Å²) in [5, 5.41) is 8.06. The zero-order chi connectivity index (χ0) is 25.0. The fourth-order valence-electron chi connectivity index (χ4n) is 5.75. The summed E-state index contributed by atoms with van der Waals surface area (Å²) >= 11 is 0. The van der Waals surface area contributed by atoms with Crippen LogP contribution in [0.3, 0.4) is 0 Å². The highest BCUT2D eigenvalue weighted by atomic mass is 19.4. The van der Waals surface area contributed by atoms with Crippen molar-refractivity contribution in [1.82, 2.24) is 19.7 Å². The molecule has 7 nitrogen and oxygen atoms in total. The van der Waals surface area contributed by atoms with Crippen molar-refractivity contribution >= 4 is 23.3 Å². The van der Waals surface area contributed by atoms with Crippen LogP contribution < -0.4 is 15.1 Å². The molecule has 0 radical (unpaired) electrons. The number of alkyl halides is 3. The number of fused-ring (bicyclic) bond motifs is 3. The topological polar surface area (TPSA) is 62.1 Å². The maximum absolute atomic E-state index is 13.8. The summed E-state index contributed by atoms with van der Waals surface area (Å²) in [6.07, 6.45) is -0.605. The largest absolute Gasteiger partial charge is 0.433 e. The molecule has 0 spiro atoms. The molecule has 3 atom stereocenters. The SMILES string of the molecule is Fc1cc(F)cc(N2CCCn3nc(N[C@@H]4C5CC[C@H]4CN(c4ccnc(C(F)(F)F)c4)C5)nc32)c1. The summed E-state index contributed by atoms with van der Waals surface area (Å²) in [4.78, 5) is 11.9. The Balaban J connectivity index is 1.19. The van der Waals surface area contributed by atoms with Crippen molar-refractivity contribution in [2.24, 2.45) is 11.8 Å². The van der Waals surface area contributed by atoms with E-state index in [4.69, 9.17) is 0 Å². The van der Waals surface area contributed by atoms with Gasteiger partial charge in [-0.05, 0) is 55.4 Å². The monoisotopic (exact) mass is 505 g/mol. The van der Waals surface area contributed by atoms with Crippen LogP contribution in [0, 0.1) is 23.5 Å². The van der Waals surface area contributed by atoms with Gasteiger partial charge in [0.25, 0.3) is 0 Å². The Kier molecular flexibility index (Phi) is 5.49. The molecular weight excluding hydrogens is 481 g/mol. The van der Waals surface area contributed by atoms with E-state index in [-0.39, 0.29) is 17.9 Å². The molecule has 6 rings (SSSR count). The van der Waals surface area contributed by atoms with Crippen LogP contribution in [-0.4, -0.2) is 45.4 Å². The van der Waals surface area contributed by atoms with Gasteiger partial charge in [-0.3, -0.25) is 4.98 Å². The second-order valence-electron chi connectivity index (χ2n) is 9.66. The standard InChI is InChI=1S/C24H24F5N7/c25-16-8-17(26)10-19(9-16)35-6-1-7-36-23(35)32-22(33-36)31-21-14-2-3-15(21)13-34(12-14)18-4-5-30-20(11-18)24(27,28)29/h4-5,8-11,14-15,21H,1-3,6-7,12-13H2,(H,31,33)/t14-,15?,21-/m0/s1. The van der Waals surface area contributed by atoms with Crippen molar-refractivity contribution in [2.45, 2.75) is 38.0 Å². The first-order chi connectivity index (χ1) is 17.2. The predicted octanol–water partition coefficient (Wildman–Crippen LogP) is 4.84. The van der Waals surface area contributed by atoms with Gasteiger partial charge in [0.05, 0.1) is 0 Å². The maximum atomic E-state index is 13.8. The molecule has 2 bridgehead atoms. The smallest absolute Gasteiger partial charge is 0.371 e. The first kappa shape index (κ1) is 23.0. The summed E-state index contributed by atoms with van der Waals surface area (Å²) in [7, 11) is 0. The number of nitrogens with zero attached hydrogens (tertiary/aromatic N) is 6. The van der Waals surface area contributed by atoms with Gasteiger partial charge in [-0.1, -0.05) is 0 Å². The Morgan fingerprint density at radius 3 is 2.33 bits per heavy atom. The number of aromatic nitrogens is 4. The lowest BCUT2D eigenvalue weighted by Crippen LogP contribution is -2.48. The third-order valence-electron chi connectivity index (χ3n) is 7.33. The summed E-state index contributed by atoms with van der Waals surface area (Å²) < 4.78 is 68.8. The summed E-state index contributed by atoms with van der Waals surface area (Å²) in [6, 6.07) is 6.22. The fourth-order valence-corrected chi connectivity index (χ4v) is 5.75. The molecule has 3 aromatic rings. The zero-order valence-electron chi connectivity index (χ0n) is 19.2. The van der Waals surface area contributed by atoms with Crippen LogP contribution in [0.2, 0.25) is 0 Å². The molecule has 0 amide bonds. The third kappa shape index (κ3) is 4.22. The van der Waals surface area contributed by atoms with E-state index < -0.39 is 23.5 Å². The van der Waals surface area contributed by atoms with Gasteiger partial charge in [0.2, 0.25) is 11.9 Å². The number of aryl methyl sites for hydroxylation is 1. The molecule has 1 unspecified atom stereocenters. The molecule has 1 saturated heterocycles. The molecule has 4 heterocycles. The number of benzene rings is 1. The highest BCUT2D eigenvalue weighted by molar-refractivity contribution is 5.59. The number of piperidine rings is 1. The summed E-state index contributed by atoms with van der Waals surface area (Å²) in [6.45, 7) is 2.46. The highest BCUT2D eigenvalue weighted by Crippen LogP contribution is 2.41. The quantitative estimate of drug-likeness (QED) is 0.513. The molecule has 3 aliphatic rings. The lowest BCUT2D eigenvalue weighted by Gasteiger charge is -2.39. The first-order valence-electron chi connectivity index (χ1n) is 12.0. The number of anilines is 4. The van der Waals surface area contributed by atoms with E-state index >= 15 is 0 Å². The van der Waals surface area contributed by atoms with Crippen LogP contribution in [0.1, 0.15) is 25.0 Å². The Hall–Kier alpha value is -3.44. The van der Waals surface area contributed by atoms with Crippen LogP contribution in [0.15, 0.2) is 36.5 Å². The Labute approximate surface area is 203 Å². The van der Waals surface area contributed by atoms with Gasteiger partial charge in [-0.25, -0.2) is 13.5 Å². The van der Waals surface area contributed by atoms with Crippen molar-refractivity contribution in [3.63, 3.8) is 0 Å². The molecule has 1 aliphatic carbocycles. The molecular formula is C24H24F5N7. The Bertz CT molecular complexity index is 1240. The normalized spacial score (nSPS) is 23.6. The van der Waals surface area contributed by atoms with E-state index in [2.05, 4.69) is 20.4 Å². The Morgan fingerprint density at radius 1 is 0.917 bits per heavy atom. The van der Waals surface area contributed by atoms with Crippen LogP contribution in [-0.2, 0) is 12.7 Å². The second-order valence-corrected chi connectivity index (χ2v) is 9.66. The minimum absolute atomic E-state index is 0.0923. The lowest BCUT2D eigenvalue weighted by molar-refractivity contribution is -0.141. The molecule has 1 aromatic carbocycles. The minimum atomic E-state index is -4.48.